The van der Waals surface area contributed by atoms with Crippen LogP contribution >= 0.6 is 11.8 Å². The molecule has 1 rings (SSSR count). The molecule has 0 radical (unpaired) electrons. The predicted octanol–water partition coefficient (Wildman–Crippen LogP) is 0.822. The maximum atomic E-state index is 13.0. The fraction of sp³-hybridized carbons (Fsp3) is 0.800. The lowest BCUT2D eigenvalue weighted by atomic mass is 9.94. The molecule has 0 aliphatic carbocycles. The van der Waals surface area contributed by atoms with Gasteiger partial charge in [0, 0.05) is 19.0 Å². The monoisotopic (exact) mass is 461 g/mol. The minimum Gasteiger partial charge on any atom is -0.480 e. The number of nitrogens with one attached hydrogen (secondary N) is 2. The summed E-state index contributed by atoms with van der Waals surface area (Å²) in [5.41, 5.74) is -0.678. The molecule has 31 heavy (non-hydrogen) atoms. The number of carbonyl (C=O) groups excluding carboxylic acids is 3. The van der Waals surface area contributed by atoms with Crippen molar-refractivity contribution < 1.29 is 34.1 Å². The van der Waals surface area contributed by atoms with Crippen molar-refractivity contribution in [3.8, 4) is 0 Å². The molecule has 1 saturated heterocycles. The van der Waals surface area contributed by atoms with E-state index in [0.717, 1.165) is 0 Å². The molecule has 3 atom stereocenters. The summed E-state index contributed by atoms with van der Waals surface area (Å²) in [6.45, 7) is 7.16. The van der Waals surface area contributed by atoms with Crippen LogP contribution in [0.25, 0.3) is 0 Å². The highest BCUT2D eigenvalue weighted by molar-refractivity contribution is 7.98. The first-order valence-electron chi connectivity index (χ1n) is 10.3. The lowest BCUT2D eigenvalue weighted by molar-refractivity contribution is -0.146. The third-order valence-electron chi connectivity index (χ3n) is 4.82. The second kappa shape index (κ2) is 12.1. The number of amides is 3. The first kappa shape index (κ1) is 27.0. The first-order chi connectivity index (χ1) is 14.4. The van der Waals surface area contributed by atoms with Gasteiger partial charge in [-0.3, -0.25) is 9.59 Å². The summed E-state index contributed by atoms with van der Waals surface area (Å²) in [4.78, 5) is 50.3. The van der Waals surface area contributed by atoms with Gasteiger partial charge in [-0.05, 0) is 59.0 Å². The molecule has 0 bridgehead atoms. The average molecular weight is 462 g/mol. The number of alkyl carbamates (subject to hydrolysis) is 1. The molecule has 0 aromatic heterocycles. The second-order valence-electron chi connectivity index (χ2n) is 8.64. The number of carboxylic acid groups (broad SMARTS) is 1. The fourth-order valence-electron chi connectivity index (χ4n) is 3.19. The lowest BCUT2D eigenvalue weighted by Gasteiger charge is -2.34. The van der Waals surface area contributed by atoms with Gasteiger partial charge in [0.25, 0.3) is 0 Å². The Morgan fingerprint density at radius 2 is 1.74 bits per heavy atom. The fourth-order valence-corrected chi connectivity index (χ4v) is 3.66. The maximum absolute atomic E-state index is 13.0. The van der Waals surface area contributed by atoms with E-state index in [1.54, 1.807) is 37.4 Å². The molecule has 1 aliphatic heterocycles. The van der Waals surface area contributed by atoms with Gasteiger partial charge >= 0.3 is 12.1 Å². The molecule has 0 spiro atoms. The highest BCUT2D eigenvalue weighted by Crippen LogP contribution is 2.19. The summed E-state index contributed by atoms with van der Waals surface area (Å²) in [7, 11) is 0. The van der Waals surface area contributed by atoms with Gasteiger partial charge < -0.3 is 30.5 Å². The zero-order valence-corrected chi connectivity index (χ0v) is 19.7. The maximum Gasteiger partial charge on any atom is 0.408 e. The van der Waals surface area contributed by atoms with Crippen LogP contribution < -0.4 is 10.6 Å². The highest BCUT2D eigenvalue weighted by Gasteiger charge is 2.34. The summed E-state index contributed by atoms with van der Waals surface area (Å²) in [5, 5.41) is 23.6. The van der Waals surface area contributed by atoms with E-state index in [2.05, 4.69) is 10.6 Å². The quantitative estimate of drug-likeness (QED) is 0.395. The van der Waals surface area contributed by atoms with Crippen molar-refractivity contribution in [1.82, 2.24) is 15.5 Å². The van der Waals surface area contributed by atoms with Crippen molar-refractivity contribution in [2.45, 2.75) is 70.7 Å². The largest absolute Gasteiger partial charge is 0.480 e. The number of ether oxygens (including phenoxy) is 1. The van der Waals surface area contributed by atoms with Crippen LogP contribution in [-0.2, 0) is 19.1 Å². The van der Waals surface area contributed by atoms with Crippen molar-refractivity contribution in [3.05, 3.63) is 0 Å². The third-order valence-corrected chi connectivity index (χ3v) is 5.47. The van der Waals surface area contributed by atoms with E-state index in [9.17, 15) is 24.3 Å². The summed E-state index contributed by atoms with van der Waals surface area (Å²) >= 11 is 1.56. The number of aliphatic carboxylic acids is 1. The van der Waals surface area contributed by atoms with Gasteiger partial charge in [-0.15, -0.1) is 0 Å². The molecule has 178 valence electrons. The number of rotatable bonds is 9. The molecular weight excluding hydrogens is 426 g/mol. The molecule has 4 N–H and O–H groups in total. The zero-order chi connectivity index (χ0) is 23.8. The summed E-state index contributed by atoms with van der Waals surface area (Å²) in [5.74, 6) is -1.76. The van der Waals surface area contributed by atoms with Gasteiger partial charge in [-0.2, -0.15) is 11.8 Å². The molecule has 1 heterocycles. The van der Waals surface area contributed by atoms with Crippen LogP contribution in [0.3, 0.4) is 0 Å². The Balaban J connectivity index is 2.68. The number of hydrogen-bond acceptors (Lipinski definition) is 7. The van der Waals surface area contributed by atoms with E-state index < -0.39 is 47.7 Å². The van der Waals surface area contributed by atoms with Crippen LogP contribution in [0, 0.1) is 5.92 Å². The number of nitrogens with zero attached hydrogens (tertiary/aromatic N) is 1. The van der Waals surface area contributed by atoms with Crippen LogP contribution in [0.1, 0.15) is 47.0 Å². The van der Waals surface area contributed by atoms with Crippen LogP contribution in [-0.4, -0.2) is 87.9 Å². The van der Waals surface area contributed by atoms with Gasteiger partial charge in [-0.1, -0.05) is 0 Å². The van der Waals surface area contributed by atoms with Gasteiger partial charge in [0.1, 0.15) is 11.6 Å². The standard InChI is InChI=1S/C20H35N3O7S/c1-12(24)15(18(27)28)22-16(25)13-6-9-23(10-7-13)17(26)14(8-11-31-5)21-19(29)30-20(2,3)4/h12-15,24H,6-11H2,1-5H3,(H,21,29)(H,22,25)(H,27,28)/t12-,14-,15-/m0/s1. The summed E-state index contributed by atoms with van der Waals surface area (Å²) < 4.78 is 5.26. The number of aliphatic hydroxyl groups is 1. The normalized spacial score (nSPS) is 17.9. The number of hydrogen-bond donors (Lipinski definition) is 4. The number of thioether (sulfide) groups is 1. The minimum atomic E-state index is -1.37. The van der Waals surface area contributed by atoms with Crippen LogP contribution in [0.4, 0.5) is 4.79 Å². The van der Waals surface area contributed by atoms with E-state index in [4.69, 9.17) is 9.84 Å². The molecule has 0 aromatic rings. The van der Waals surface area contributed by atoms with E-state index in [0.29, 0.717) is 38.1 Å². The van der Waals surface area contributed by atoms with E-state index in [1.807, 2.05) is 6.26 Å². The number of aliphatic hydroxyl groups excluding tert-OH is 1. The molecule has 1 fully saturated rings. The van der Waals surface area contributed by atoms with Crippen molar-refractivity contribution in [2.75, 3.05) is 25.1 Å². The smallest absolute Gasteiger partial charge is 0.408 e. The molecular formula is C20H35N3O7S. The van der Waals surface area contributed by atoms with Crippen LogP contribution in [0.5, 0.6) is 0 Å². The topological polar surface area (TPSA) is 145 Å². The Kier molecular flexibility index (Phi) is 10.6. The minimum absolute atomic E-state index is 0.230. The first-order valence-corrected chi connectivity index (χ1v) is 11.7. The Labute approximate surface area is 187 Å². The number of carboxylic acids is 1. The second-order valence-corrected chi connectivity index (χ2v) is 9.63. The van der Waals surface area contributed by atoms with Crippen LogP contribution in [0.15, 0.2) is 0 Å². The number of piperidine rings is 1. The van der Waals surface area contributed by atoms with E-state index >= 15 is 0 Å². The van der Waals surface area contributed by atoms with Gasteiger partial charge in [0.15, 0.2) is 6.04 Å². The zero-order valence-electron chi connectivity index (χ0n) is 18.8. The Morgan fingerprint density at radius 1 is 1.16 bits per heavy atom. The number of carbonyl (C=O) groups is 4. The Morgan fingerprint density at radius 3 is 2.19 bits per heavy atom. The molecule has 11 heteroatoms. The van der Waals surface area contributed by atoms with E-state index in [1.165, 1.54) is 6.92 Å². The molecule has 3 amide bonds. The Bertz CT molecular complexity index is 643. The highest BCUT2D eigenvalue weighted by atomic mass is 32.2. The van der Waals surface area contributed by atoms with E-state index in [-0.39, 0.29) is 5.91 Å². The number of likely N-dealkylation sites (tertiary alicyclic amines) is 1. The van der Waals surface area contributed by atoms with Crippen molar-refractivity contribution in [3.63, 3.8) is 0 Å². The summed E-state index contributed by atoms with van der Waals surface area (Å²) in [6, 6.07) is -2.10. The van der Waals surface area contributed by atoms with Crippen LogP contribution in [0.2, 0.25) is 0 Å². The molecule has 0 aromatic carbocycles. The van der Waals surface area contributed by atoms with Gasteiger partial charge in [0.05, 0.1) is 6.10 Å². The molecule has 0 saturated carbocycles. The molecule has 1 aliphatic rings. The van der Waals surface area contributed by atoms with Crippen molar-refractivity contribution in [1.29, 1.82) is 0 Å². The Hall–Kier alpha value is -2.01. The van der Waals surface area contributed by atoms with Gasteiger partial charge in [0.2, 0.25) is 11.8 Å². The third kappa shape index (κ3) is 9.34. The SMILES string of the molecule is CSCC[C@H](NC(=O)OC(C)(C)C)C(=O)N1CCC(C(=O)N[C@H](C(=O)O)[C@H](C)O)CC1. The average Bonchev–Trinajstić information content (AvgIpc) is 2.66. The molecule has 10 nitrogen and oxygen atoms in total. The predicted molar refractivity (Wildman–Crippen MR) is 117 cm³/mol. The van der Waals surface area contributed by atoms with Crippen molar-refractivity contribution in [2.24, 2.45) is 5.92 Å². The lowest BCUT2D eigenvalue weighted by Crippen LogP contribution is -2.54. The summed E-state index contributed by atoms with van der Waals surface area (Å²) in [6.07, 6.45) is 1.22. The van der Waals surface area contributed by atoms with Gasteiger partial charge in [-0.25, -0.2) is 9.59 Å². The van der Waals surface area contributed by atoms with Crippen molar-refractivity contribution >= 4 is 35.6 Å². The molecule has 0 unspecified atom stereocenters.